The Bertz CT molecular complexity index is 1070. The van der Waals surface area contributed by atoms with Gasteiger partial charge in [0.05, 0.1) is 11.9 Å². The summed E-state index contributed by atoms with van der Waals surface area (Å²) in [7, 11) is -3.50. The summed E-state index contributed by atoms with van der Waals surface area (Å²) >= 11 is 0. The number of hydrogen-bond acceptors (Lipinski definition) is 4. The van der Waals surface area contributed by atoms with Crippen LogP contribution in [0.2, 0.25) is 0 Å². The van der Waals surface area contributed by atoms with Crippen LogP contribution in [0.15, 0.2) is 54.6 Å². The summed E-state index contributed by atoms with van der Waals surface area (Å²) in [4.78, 5) is 28.1. The molecular formula is C28H41N3O4S. The van der Waals surface area contributed by atoms with Crippen LogP contribution in [0.25, 0.3) is 0 Å². The maximum Gasteiger partial charge on any atom is 0.243 e. The van der Waals surface area contributed by atoms with E-state index in [0.717, 1.165) is 17.5 Å². The Hall–Kier alpha value is -2.87. The van der Waals surface area contributed by atoms with Crippen LogP contribution >= 0.6 is 0 Å². The highest BCUT2D eigenvalue weighted by Gasteiger charge is 2.29. The Labute approximate surface area is 216 Å². The second-order valence-corrected chi connectivity index (χ2v) is 11.2. The highest BCUT2D eigenvalue weighted by atomic mass is 32.2. The predicted octanol–water partition coefficient (Wildman–Crippen LogP) is 4.31. The summed E-state index contributed by atoms with van der Waals surface area (Å²) in [6.45, 7) is 8.42. The van der Waals surface area contributed by atoms with E-state index < -0.39 is 16.1 Å². The minimum atomic E-state index is -3.50. The third-order valence-corrected chi connectivity index (χ3v) is 7.54. The molecule has 0 aliphatic heterocycles. The van der Waals surface area contributed by atoms with Gasteiger partial charge in [0.15, 0.2) is 0 Å². The Morgan fingerprint density at radius 1 is 0.944 bits per heavy atom. The summed E-state index contributed by atoms with van der Waals surface area (Å²) in [5.74, 6) is -0.292. The standard InChI is InChI=1S/C28H41N3O4S/c1-6-23(4)29-28(33)26(7-2)30(21-19-24-12-9-8-10-13-24)27(32)14-11-20-31(36(5,34)35)25-17-15-22(3)16-18-25/h8-10,12-13,15-18,23,26H,6-7,11,14,19-21H2,1-5H3,(H,29,33)/t23-,26+/m0/s1. The smallest absolute Gasteiger partial charge is 0.243 e. The Morgan fingerprint density at radius 2 is 1.58 bits per heavy atom. The molecule has 0 aromatic heterocycles. The molecule has 0 heterocycles. The number of aryl methyl sites for hydroxylation is 1. The first-order valence-corrected chi connectivity index (χ1v) is 14.6. The van der Waals surface area contributed by atoms with Gasteiger partial charge in [0, 0.05) is 25.6 Å². The zero-order valence-electron chi connectivity index (χ0n) is 22.2. The van der Waals surface area contributed by atoms with Gasteiger partial charge in [-0.1, -0.05) is 61.9 Å². The van der Waals surface area contributed by atoms with Crippen LogP contribution in [-0.2, 0) is 26.0 Å². The van der Waals surface area contributed by atoms with Crippen LogP contribution in [0.4, 0.5) is 5.69 Å². The molecule has 0 radical (unpaired) electrons. The molecule has 2 aromatic carbocycles. The lowest BCUT2D eigenvalue weighted by Gasteiger charge is -2.32. The molecule has 0 fully saturated rings. The van der Waals surface area contributed by atoms with Crippen LogP contribution < -0.4 is 9.62 Å². The van der Waals surface area contributed by atoms with Crippen molar-refractivity contribution in [3.63, 3.8) is 0 Å². The number of nitrogens with one attached hydrogen (secondary N) is 1. The van der Waals surface area contributed by atoms with Gasteiger partial charge in [-0.05, 0) is 57.2 Å². The van der Waals surface area contributed by atoms with Crippen molar-refractivity contribution in [2.24, 2.45) is 0 Å². The molecule has 0 bridgehead atoms. The van der Waals surface area contributed by atoms with Gasteiger partial charge in [-0.15, -0.1) is 0 Å². The average Bonchev–Trinajstić information content (AvgIpc) is 2.84. The van der Waals surface area contributed by atoms with E-state index in [1.165, 1.54) is 10.6 Å². The number of amides is 2. The summed E-state index contributed by atoms with van der Waals surface area (Å²) < 4.78 is 26.2. The number of rotatable bonds is 14. The quantitative estimate of drug-likeness (QED) is 0.406. The summed E-state index contributed by atoms with van der Waals surface area (Å²) in [6.07, 6.45) is 3.62. The van der Waals surface area contributed by atoms with Gasteiger partial charge in [0.2, 0.25) is 21.8 Å². The van der Waals surface area contributed by atoms with Gasteiger partial charge in [0.25, 0.3) is 0 Å². The monoisotopic (exact) mass is 515 g/mol. The lowest BCUT2D eigenvalue weighted by Crippen LogP contribution is -2.51. The molecule has 2 rings (SSSR count). The molecule has 1 N–H and O–H groups in total. The molecule has 36 heavy (non-hydrogen) atoms. The second-order valence-electron chi connectivity index (χ2n) is 9.34. The van der Waals surface area contributed by atoms with Gasteiger partial charge in [0.1, 0.15) is 6.04 Å². The summed E-state index contributed by atoms with van der Waals surface area (Å²) in [5, 5.41) is 3.01. The number of hydrogen-bond donors (Lipinski definition) is 1. The molecule has 198 valence electrons. The molecule has 8 heteroatoms. The van der Waals surface area contributed by atoms with E-state index in [1.54, 1.807) is 17.0 Å². The third kappa shape index (κ3) is 8.97. The largest absolute Gasteiger partial charge is 0.352 e. The minimum absolute atomic E-state index is 0.0236. The van der Waals surface area contributed by atoms with Crippen LogP contribution in [0.1, 0.15) is 57.6 Å². The highest BCUT2D eigenvalue weighted by Crippen LogP contribution is 2.20. The average molecular weight is 516 g/mol. The van der Waals surface area contributed by atoms with Gasteiger partial charge < -0.3 is 10.2 Å². The Balaban J connectivity index is 2.15. The molecular weight excluding hydrogens is 474 g/mol. The van der Waals surface area contributed by atoms with Crippen molar-refractivity contribution in [2.45, 2.75) is 71.9 Å². The molecule has 7 nitrogen and oxygen atoms in total. The first-order chi connectivity index (χ1) is 17.1. The van der Waals surface area contributed by atoms with E-state index in [4.69, 9.17) is 0 Å². The highest BCUT2D eigenvalue weighted by molar-refractivity contribution is 7.92. The molecule has 0 aliphatic carbocycles. The SMILES string of the molecule is CC[C@H](C(=O)N[C@@H](C)CC)N(CCc1ccccc1)C(=O)CCCN(c1ccc(C)cc1)S(C)(=O)=O. The van der Waals surface area contributed by atoms with Gasteiger partial charge in [-0.3, -0.25) is 13.9 Å². The Morgan fingerprint density at radius 3 is 2.14 bits per heavy atom. The molecule has 0 unspecified atom stereocenters. The van der Waals surface area contributed by atoms with Crippen molar-refractivity contribution in [3.8, 4) is 0 Å². The van der Waals surface area contributed by atoms with Gasteiger partial charge in [-0.25, -0.2) is 8.42 Å². The number of anilines is 1. The van der Waals surface area contributed by atoms with E-state index >= 15 is 0 Å². The maximum absolute atomic E-state index is 13.4. The van der Waals surface area contributed by atoms with E-state index in [0.29, 0.717) is 31.5 Å². The predicted molar refractivity (Wildman–Crippen MR) is 146 cm³/mol. The van der Waals surface area contributed by atoms with Crippen molar-refractivity contribution in [1.29, 1.82) is 0 Å². The molecule has 2 aromatic rings. The molecule has 2 amide bonds. The number of sulfonamides is 1. The Kier molecular flexibility index (Phi) is 11.4. The van der Waals surface area contributed by atoms with Crippen molar-refractivity contribution >= 4 is 27.5 Å². The topological polar surface area (TPSA) is 86.8 Å². The zero-order valence-corrected chi connectivity index (χ0v) is 23.1. The van der Waals surface area contributed by atoms with Crippen LogP contribution in [0.3, 0.4) is 0 Å². The second kappa shape index (κ2) is 14.0. The van der Waals surface area contributed by atoms with Gasteiger partial charge in [-0.2, -0.15) is 0 Å². The first-order valence-electron chi connectivity index (χ1n) is 12.7. The number of nitrogens with zero attached hydrogens (tertiary/aromatic N) is 2. The van der Waals surface area contributed by atoms with E-state index in [9.17, 15) is 18.0 Å². The van der Waals surface area contributed by atoms with Crippen molar-refractivity contribution < 1.29 is 18.0 Å². The molecule has 0 aliphatic rings. The number of carbonyl (C=O) groups excluding carboxylic acids is 2. The molecule has 2 atom stereocenters. The lowest BCUT2D eigenvalue weighted by atomic mass is 10.1. The van der Waals surface area contributed by atoms with E-state index in [2.05, 4.69) is 5.32 Å². The molecule has 0 spiro atoms. The summed E-state index contributed by atoms with van der Waals surface area (Å²) in [6, 6.07) is 16.6. The van der Waals surface area contributed by atoms with Crippen LogP contribution in [-0.4, -0.2) is 56.6 Å². The lowest BCUT2D eigenvalue weighted by molar-refractivity contribution is -0.141. The first kappa shape index (κ1) is 29.4. The molecule has 0 saturated carbocycles. The fraction of sp³-hybridized carbons (Fsp3) is 0.500. The number of carbonyl (C=O) groups is 2. The number of benzene rings is 2. The van der Waals surface area contributed by atoms with Crippen LogP contribution in [0, 0.1) is 6.92 Å². The van der Waals surface area contributed by atoms with Crippen molar-refractivity contribution in [3.05, 3.63) is 65.7 Å². The van der Waals surface area contributed by atoms with Crippen LogP contribution in [0.5, 0.6) is 0 Å². The minimum Gasteiger partial charge on any atom is -0.352 e. The zero-order chi connectivity index (χ0) is 26.7. The fourth-order valence-electron chi connectivity index (χ4n) is 4.05. The van der Waals surface area contributed by atoms with E-state index in [-0.39, 0.29) is 30.8 Å². The third-order valence-electron chi connectivity index (χ3n) is 6.35. The normalized spacial score (nSPS) is 13.0. The maximum atomic E-state index is 13.4. The fourth-order valence-corrected chi connectivity index (χ4v) is 5.02. The molecule has 0 saturated heterocycles. The van der Waals surface area contributed by atoms with Gasteiger partial charge >= 0.3 is 0 Å². The van der Waals surface area contributed by atoms with Crippen molar-refractivity contribution in [1.82, 2.24) is 10.2 Å². The summed E-state index contributed by atoms with van der Waals surface area (Å²) in [5.41, 5.74) is 2.71. The van der Waals surface area contributed by atoms with E-state index in [1.807, 2.05) is 70.2 Å². The van der Waals surface area contributed by atoms with Crippen molar-refractivity contribution in [2.75, 3.05) is 23.7 Å².